The van der Waals surface area contributed by atoms with Gasteiger partial charge in [-0.3, -0.25) is 14.3 Å². The minimum absolute atomic E-state index is 0.0737. The van der Waals surface area contributed by atoms with Gasteiger partial charge in [0, 0.05) is 41.4 Å². The lowest BCUT2D eigenvalue weighted by Crippen LogP contribution is -2.35. The third-order valence-electron chi connectivity index (χ3n) is 9.15. The molecule has 47 heavy (non-hydrogen) atoms. The van der Waals surface area contributed by atoms with E-state index >= 15 is 8.78 Å². The van der Waals surface area contributed by atoms with Gasteiger partial charge in [0.1, 0.15) is 29.6 Å². The summed E-state index contributed by atoms with van der Waals surface area (Å²) in [4.78, 5) is 34.0. The number of pyridine rings is 1. The quantitative estimate of drug-likeness (QED) is 0.174. The number of fused-ring (bicyclic) bond motifs is 5. The average molecular weight is 651 g/mol. The first-order chi connectivity index (χ1) is 22.5. The number of hydrogen-bond donors (Lipinski definition) is 3. The van der Waals surface area contributed by atoms with Gasteiger partial charge in [0.25, 0.3) is 18.3 Å². The Kier molecular flexibility index (Phi) is 6.50. The number of hydrogen-bond acceptors (Lipinski definition) is 4. The maximum atomic E-state index is 15.2. The molecule has 1 aliphatic heterocycles. The van der Waals surface area contributed by atoms with E-state index in [0.717, 1.165) is 17.7 Å². The number of nitrogens with zero attached hydrogens (tertiary/aromatic N) is 3. The highest BCUT2D eigenvalue weighted by Crippen LogP contribution is 2.68. The van der Waals surface area contributed by atoms with E-state index in [0.29, 0.717) is 45.0 Å². The lowest BCUT2D eigenvalue weighted by molar-refractivity contribution is -0.123. The molecule has 3 N–H and O–H groups in total. The molecular weight excluding hydrogens is 626 g/mol. The van der Waals surface area contributed by atoms with Crippen LogP contribution in [0.5, 0.6) is 0 Å². The first-order valence-electron chi connectivity index (χ1n) is 14.9. The predicted octanol–water partition coefficient (Wildman–Crippen LogP) is 6.19. The van der Waals surface area contributed by atoms with Gasteiger partial charge in [0.05, 0.1) is 22.8 Å². The van der Waals surface area contributed by atoms with E-state index in [2.05, 4.69) is 20.7 Å². The second-order valence-electron chi connectivity index (χ2n) is 12.2. The van der Waals surface area contributed by atoms with Crippen molar-refractivity contribution in [3.05, 3.63) is 106 Å². The average Bonchev–Trinajstić information content (AvgIpc) is 3.25. The molecule has 240 valence electrons. The number of rotatable bonds is 8. The zero-order valence-corrected chi connectivity index (χ0v) is 24.3. The molecule has 4 heterocycles. The maximum absolute atomic E-state index is 15.2. The van der Waals surface area contributed by atoms with Crippen molar-refractivity contribution in [2.45, 2.75) is 50.2 Å². The Morgan fingerprint density at radius 3 is 2.60 bits per heavy atom. The van der Waals surface area contributed by atoms with Crippen molar-refractivity contribution >= 4 is 22.8 Å². The largest absolute Gasteiger partial charge is 0.360 e. The molecule has 5 aromatic rings. The van der Waals surface area contributed by atoms with Gasteiger partial charge < -0.3 is 15.6 Å². The van der Waals surface area contributed by atoms with E-state index in [9.17, 15) is 27.2 Å². The van der Waals surface area contributed by atoms with Crippen LogP contribution >= 0.6 is 0 Å². The lowest BCUT2D eigenvalue weighted by Gasteiger charge is -2.23. The van der Waals surface area contributed by atoms with E-state index in [-0.39, 0.29) is 35.6 Å². The molecule has 14 heteroatoms. The van der Waals surface area contributed by atoms with Gasteiger partial charge in [-0.05, 0) is 65.8 Å². The molecule has 3 aromatic heterocycles. The monoisotopic (exact) mass is 650 g/mol. The van der Waals surface area contributed by atoms with Crippen molar-refractivity contribution in [3.8, 4) is 11.1 Å². The summed E-state index contributed by atoms with van der Waals surface area (Å²) in [5, 5.41) is 9.25. The van der Waals surface area contributed by atoms with Gasteiger partial charge in [-0.1, -0.05) is 12.1 Å². The van der Waals surface area contributed by atoms with Crippen LogP contribution in [-0.4, -0.2) is 31.6 Å². The molecular formula is C33H24F6N6O2. The number of carbonyl (C=O) groups is 2. The minimum Gasteiger partial charge on any atom is -0.360 e. The summed E-state index contributed by atoms with van der Waals surface area (Å²) in [5.74, 6) is -8.08. The van der Waals surface area contributed by atoms with Crippen LogP contribution in [0.2, 0.25) is 0 Å². The van der Waals surface area contributed by atoms with Crippen molar-refractivity contribution in [2.24, 2.45) is 5.92 Å². The van der Waals surface area contributed by atoms with Gasteiger partial charge in [-0.25, -0.2) is 22.5 Å². The predicted molar refractivity (Wildman–Crippen MR) is 156 cm³/mol. The molecule has 0 bridgehead atoms. The Morgan fingerprint density at radius 1 is 1.04 bits per heavy atom. The number of nitrogens with one attached hydrogen (secondary N) is 3. The lowest BCUT2D eigenvalue weighted by atomic mass is 9.93. The minimum atomic E-state index is -3.42. The van der Waals surface area contributed by atoms with Crippen molar-refractivity contribution in [3.63, 3.8) is 0 Å². The van der Waals surface area contributed by atoms with Crippen LogP contribution in [0.4, 0.5) is 26.3 Å². The Morgan fingerprint density at radius 2 is 1.83 bits per heavy atom. The van der Waals surface area contributed by atoms with Gasteiger partial charge >= 0.3 is 0 Å². The molecule has 1 fully saturated rings. The topological polar surface area (TPSA) is 105 Å². The number of aromatic nitrogens is 4. The summed E-state index contributed by atoms with van der Waals surface area (Å²) < 4.78 is 87.3. The summed E-state index contributed by atoms with van der Waals surface area (Å²) in [7, 11) is 0. The van der Waals surface area contributed by atoms with Crippen molar-refractivity contribution < 1.29 is 35.9 Å². The Bertz CT molecular complexity index is 2100. The van der Waals surface area contributed by atoms with E-state index in [4.69, 9.17) is 4.98 Å². The highest BCUT2D eigenvalue weighted by molar-refractivity contribution is 5.99. The fourth-order valence-electron chi connectivity index (χ4n) is 7.01. The maximum Gasteiger partial charge on any atom is 0.293 e. The third-order valence-corrected chi connectivity index (χ3v) is 9.15. The second kappa shape index (κ2) is 10.4. The Hall–Kier alpha value is -5.14. The van der Waals surface area contributed by atoms with Crippen LogP contribution in [0.1, 0.15) is 68.9 Å². The van der Waals surface area contributed by atoms with Crippen LogP contribution < -0.4 is 10.6 Å². The Labute approximate surface area is 262 Å². The molecule has 2 aromatic carbocycles. The van der Waals surface area contributed by atoms with Gasteiger partial charge in [0.2, 0.25) is 5.91 Å². The first kappa shape index (κ1) is 29.3. The zero-order valence-electron chi connectivity index (χ0n) is 24.3. The summed E-state index contributed by atoms with van der Waals surface area (Å²) >= 11 is 0. The van der Waals surface area contributed by atoms with Gasteiger partial charge in [0.15, 0.2) is 0 Å². The molecule has 3 atom stereocenters. The summed E-state index contributed by atoms with van der Waals surface area (Å²) in [6, 6.07) is 10.5. The van der Waals surface area contributed by atoms with Crippen LogP contribution in [0, 0.1) is 17.6 Å². The number of halogens is 6. The SMILES string of the molecule is O=C(Cn1nc(C(F)F)c2c1C(F)(F)[C@@H]1C[C@H]21)NC(Cc1cc(F)cc(F)c1)c1nc2cc[nH]c2cc1-c1ccc2c(c1)C(=O)NC2. The van der Waals surface area contributed by atoms with Crippen LogP contribution in [-0.2, 0) is 30.2 Å². The Balaban J connectivity index is 1.21. The first-order valence-corrected chi connectivity index (χ1v) is 14.9. The summed E-state index contributed by atoms with van der Waals surface area (Å²) in [6.45, 7) is -0.442. The molecule has 0 radical (unpaired) electrons. The molecule has 3 aliphatic rings. The second-order valence-corrected chi connectivity index (χ2v) is 12.2. The highest BCUT2D eigenvalue weighted by atomic mass is 19.3. The van der Waals surface area contributed by atoms with E-state index < -0.39 is 65.7 Å². The zero-order chi connectivity index (χ0) is 32.8. The van der Waals surface area contributed by atoms with Crippen LogP contribution in [0.25, 0.3) is 22.2 Å². The molecule has 0 spiro atoms. The third kappa shape index (κ3) is 4.84. The molecule has 2 aliphatic carbocycles. The molecule has 0 saturated heterocycles. The fourth-order valence-corrected chi connectivity index (χ4v) is 7.01. The number of alkyl halides is 4. The molecule has 8 nitrogen and oxygen atoms in total. The number of carbonyl (C=O) groups excluding carboxylic acids is 2. The van der Waals surface area contributed by atoms with E-state index in [1.165, 1.54) is 0 Å². The van der Waals surface area contributed by atoms with Crippen molar-refractivity contribution in [1.82, 2.24) is 30.4 Å². The number of aromatic amines is 1. The van der Waals surface area contributed by atoms with Crippen LogP contribution in [0.15, 0.2) is 54.7 Å². The number of H-pyrrole nitrogens is 1. The number of benzene rings is 2. The smallest absolute Gasteiger partial charge is 0.293 e. The normalized spacial score (nSPS) is 19.4. The van der Waals surface area contributed by atoms with Crippen molar-refractivity contribution in [1.29, 1.82) is 0 Å². The number of amides is 2. The molecule has 2 amide bonds. The molecule has 1 unspecified atom stereocenters. The highest BCUT2D eigenvalue weighted by Gasteiger charge is 2.67. The summed E-state index contributed by atoms with van der Waals surface area (Å²) in [6.07, 6.45) is -1.56. The van der Waals surface area contributed by atoms with Crippen molar-refractivity contribution in [2.75, 3.05) is 0 Å². The van der Waals surface area contributed by atoms with Gasteiger partial charge in [-0.15, -0.1) is 0 Å². The van der Waals surface area contributed by atoms with Gasteiger partial charge in [-0.2, -0.15) is 13.9 Å². The molecule has 1 saturated carbocycles. The van der Waals surface area contributed by atoms with E-state index in [1.807, 2.05) is 0 Å². The standard InChI is InChI=1S/C33H24F6N6O2/c34-17-5-14(6-18(35)9-17)7-25(42-26(46)13-45-30-27(29(44-45)31(36)37)21-10-22(21)33(30,38)39)28-19(11-24-23(43-28)3-4-40-24)15-1-2-16-12-41-32(47)20(16)8-15/h1-6,8-9,11,21-22,25,31,40H,7,10,12-13H2,(H,41,47)(H,42,46)/t21-,22+,25?/m0/s1. The molecule has 8 rings (SSSR count). The van der Waals surface area contributed by atoms with E-state index in [1.54, 1.807) is 36.5 Å². The fraction of sp³-hybridized carbons (Fsp3) is 0.273. The van der Waals surface area contributed by atoms with Crippen LogP contribution in [0.3, 0.4) is 0 Å². The summed E-state index contributed by atoms with van der Waals surface area (Å²) in [5.41, 5.74) is 2.20.